The van der Waals surface area contributed by atoms with E-state index in [-0.39, 0.29) is 11.2 Å². The molecule has 4 rings (SSSR count). The molecule has 2 aromatic heterocycles. The van der Waals surface area contributed by atoms with Gasteiger partial charge in [-0.1, -0.05) is 0 Å². The van der Waals surface area contributed by atoms with Crippen LogP contribution in [-0.4, -0.2) is 27.8 Å². The van der Waals surface area contributed by atoms with Gasteiger partial charge < -0.3 is 10.1 Å². The molecule has 0 bridgehead atoms. The van der Waals surface area contributed by atoms with Crippen molar-refractivity contribution in [2.24, 2.45) is 0 Å². The van der Waals surface area contributed by atoms with E-state index in [1.54, 1.807) is 38.3 Å². The zero-order valence-electron chi connectivity index (χ0n) is 16.5. The van der Waals surface area contributed by atoms with Gasteiger partial charge in [-0.2, -0.15) is 5.10 Å². The molecule has 0 fully saturated rings. The van der Waals surface area contributed by atoms with Crippen molar-refractivity contribution < 1.29 is 18.3 Å². The summed E-state index contributed by atoms with van der Waals surface area (Å²) in [7, 11) is 1.56. The number of aromatic nitrogens is 3. The number of nitrogens with zero attached hydrogens (tertiary/aromatic N) is 3. The zero-order valence-corrected chi connectivity index (χ0v) is 17.3. The molecular weight excluding hydrogens is 426 g/mol. The van der Waals surface area contributed by atoms with E-state index in [2.05, 4.69) is 15.4 Å². The van der Waals surface area contributed by atoms with Crippen LogP contribution in [0.15, 0.2) is 47.3 Å². The largest absolute Gasteiger partial charge is 0.497 e. The van der Waals surface area contributed by atoms with Crippen molar-refractivity contribution in [1.82, 2.24) is 14.8 Å². The second kappa shape index (κ2) is 8.23. The highest BCUT2D eigenvalue weighted by Gasteiger charge is 2.18. The van der Waals surface area contributed by atoms with E-state index in [4.69, 9.17) is 4.74 Å². The van der Waals surface area contributed by atoms with E-state index < -0.39 is 29.6 Å². The number of fused-ring (bicyclic) bond motifs is 1. The standard InChI is InChI=1S/C21H16F2N4O3S/c1-11-24-19-20(31-11)18(12-3-6-14(30-2)7-4-12)26-27(21(19)29)10-17(28)25-16-8-5-13(22)9-15(16)23/h3-9H,10H2,1-2H3,(H,25,28). The summed E-state index contributed by atoms with van der Waals surface area (Å²) in [6.07, 6.45) is 0. The zero-order chi connectivity index (χ0) is 22.1. The normalized spacial score (nSPS) is 11.0. The van der Waals surface area contributed by atoms with Gasteiger partial charge in [-0.25, -0.2) is 18.4 Å². The highest BCUT2D eigenvalue weighted by Crippen LogP contribution is 2.30. The number of aryl methyl sites for hydroxylation is 1. The number of carbonyl (C=O) groups excluding carboxylic acids is 1. The average Bonchev–Trinajstić information content (AvgIpc) is 3.14. The minimum Gasteiger partial charge on any atom is -0.497 e. The first-order valence-electron chi connectivity index (χ1n) is 9.13. The quantitative estimate of drug-likeness (QED) is 0.509. The van der Waals surface area contributed by atoms with Crippen LogP contribution in [0.4, 0.5) is 14.5 Å². The Morgan fingerprint density at radius 1 is 1.19 bits per heavy atom. The number of ether oxygens (including phenoxy) is 1. The Bertz CT molecular complexity index is 1350. The third kappa shape index (κ3) is 4.15. The molecule has 0 spiro atoms. The first-order valence-corrected chi connectivity index (χ1v) is 9.95. The lowest BCUT2D eigenvalue weighted by atomic mass is 10.1. The first-order chi connectivity index (χ1) is 14.9. The van der Waals surface area contributed by atoms with Gasteiger partial charge in [-0.05, 0) is 43.3 Å². The predicted molar refractivity (Wildman–Crippen MR) is 113 cm³/mol. The number of carbonyl (C=O) groups is 1. The molecule has 0 aliphatic carbocycles. The molecule has 2 aromatic carbocycles. The fraction of sp³-hybridized carbons (Fsp3) is 0.143. The SMILES string of the molecule is COc1ccc(-c2nn(CC(=O)Nc3ccc(F)cc3F)c(=O)c3nc(C)sc23)cc1. The minimum atomic E-state index is -0.918. The van der Waals surface area contributed by atoms with Crippen molar-refractivity contribution in [3.63, 3.8) is 0 Å². The minimum absolute atomic E-state index is 0.194. The molecule has 0 saturated heterocycles. The number of anilines is 1. The van der Waals surface area contributed by atoms with Gasteiger partial charge in [0.05, 0.1) is 22.5 Å². The number of benzene rings is 2. The molecule has 1 N–H and O–H groups in total. The van der Waals surface area contributed by atoms with Crippen LogP contribution in [-0.2, 0) is 11.3 Å². The van der Waals surface area contributed by atoms with E-state index in [1.165, 1.54) is 11.3 Å². The Balaban J connectivity index is 1.72. The Kier molecular flexibility index (Phi) is 5.47. The van der Waals surface area contributed by atoms with Crippen molar-refractivity contribution in [2.75, 3.05) is 12.4 Å². The Morgan fingerprint density at radius 3 is 2.61 bits per heavy atom. The molecule has 0 aliphatic rings. The third-order valence-electron chi connectivity index (χ3n) is 4.47. The number of amides is 1. The van der Waals surface area contributed by atoms with E-state index in [0.717, 1.165) is 16.8 Å². The molecule has 31 heavy (non-hydrogen) atoms. The molecule has 0 radical (unpaired) electrons. The summed E-state index contributed by atoms with van der Waals surface area (Å²) in [5, 5.41) is 7.38. The van der Waals surface area contributed by atoms with E-state index in [0.29, 0.717) is 32.8 Å². The molecule has 158 valence electrons. The number of rotatable bonds is 5. The van der Waals surface area contributed by atoms with Gasteiger partial charge in [0.15, 0.2) is 5.52 Å². The summed E-state index contributed by atoms with van der Waals surface area (Å²) in [4.78, 5) is 29.6. The molecule has 1 amide bonds. The number of halogens is 2. The Labute approximate surface area is 178 Å². The first kappa shape index (κ1) is 20.6. The summed E-state index contributed by atoms with van der Waals surface area (Å²) >= 11 is 1.33. The monoisotopic (exact) mass is 442 g/mol. The van der Waals surface area contributed by atoms with Crippen molar-refractivity contribution in [3.05, 3.63) is 69.5 Å². The van der Waals surface area contributed by atoms with Crippen molar-refractivity contribution in [1.29, 1.82) is 0 Å². The maximum atomic E-state index is 13.8. The highest BCUT2D eigenvalue weighted by atomic mass is 32.1. The van der Waals surface area contributed by atoms with Crippen LogP contribution in [0.1, 0.15) is 5.01 Å². The van der Waals surface area contributed by atoms with Crippen molar-refractivity contribution in [3.8, 4) is 17.0 Å². The third-order valence-corrected chi connectivity index (χ3v) is 5.45. The van der Waals surface area contributed by atoms with E-state index >= 15 is 0 Å². The summed E-state index contributed by atoms with van der Waals surface area (Å²) in [6, 6.07) is 9.89. The summed E-state index contributed by atoms with van der Waals surface area (Å²) in [5.74, 6) is -1.71. The molecule has 2 heterocycles. The summed E-state index contributed by atoms with van der Waals surface area (Å²) in [6.45, 7) is 1.31. The number of nitrogens with one attached hydrogen (secondary N) is 1. The van der Waals surface area contributed by atoms with Gasteiger partial charge in [0.2, 0.25) is 5.91 Å². The lowest BCUT2D eigenvalue weighted by molar-refractivity contribution is -0.117. The van der Waals surface area contributed by atoms with Crippen LogP contribution in [0.2, 0.25) is 0 Å². The second-order valence-electron chi connectivity index (χ2n) is 6.62. The molecule has 4 aromatic rings. The highest BCUT2D eigenvalue weighted by molar-refractivity contribution is 7.19. The fourth-order valence-electron chi connectivity index (χ4n) is 3.03. The fourth-order valence-corrected chi connectivity index (χ4v) is 3.95. The number of hydrogen-bond acceptors (Lipinski definition) is 6. The Morgan fingerprint density at radius 2 is 1.94 bits per heavy atom. The molecule has 0 unspecified atom stereocenters. The van der Waals surface area contributed by atoms with E-state index in [1.807, 2.05) is 0 Å². The van der Waals surface area contributed by atoms with Crippen LogP contribution < -0.4 is 15.6 Å². The summed E-state index contributed by atoms with van der Waals surface area (Å²) < 4.78 is 33.7. The average molecular weight is 442 g/mol. The van der Waals surface area contributed by atoms with E-state index in [9.17, 15) is 18.4 Å². The Hall–Kier alpha value is -3.66. The molecular formula is C21H16F2N4O3S. The van der Waals surface area contributed by atoms with Gasteiger partial charge in [0.1, 0.15) is 29.6 Å². The van der Waals surface area contributed by atoms with Crippen molar-refractivity contribution in [2.45, 2.75) is 13.5 Å². The lowest BCUT2D eigenvalue weighted by Gasteiger charge is -2.10. The maximum Gasteiger partial charge on any atom is 0.294 e. The van der Waals surface area contributed by atoms with Crippen LogP contribution >= 0.6 is 11.3 Å². The van der Waals surface area contributed by atoms with Gasteiger partial charge in [0, 0.05) is 11.6 Å². The second-order valence-corrected chi connectivity index (χ2v) is 7.83. The van der Waals surface area contributed by atoms with Crippen LogP contribution in [0.25, 0.3) is 21.5 Å². The maximum absolute atomic E-state index is 13.8. The molecule has 7 nitrogen and oxygen atoms in total. The van der Waals surface area contributed by atoms with Crippen LogP contribution in [0, 0.1) is 18.6 Å². The number of hydrogen-bond donors (Lipinski definition) is 1. The molecule has 0 atom stereocenters. The molecule has 10 heteroatoms. The topological polar surface area (TPSA) is 86.1 Å². The van der Waals surface area contributed by atoms with Gasteiger partial charge in [0.25, 0.3) is 5.56 Å². The lowest BCUT2D eigenvalue weighted by Crippen LogP contribution is -2.30. The van der Waals surface area contributed by atoms with Gasteiger partial charge >= 0.3 is 0 Å². The number of thiazole rings is 1. The predicted octanol–water partition coefficient (Wildman–Crippen LogP) is 3.75. The van der Waals surface area contributed by atoms with Gasteiger partial charge in [-0.15, -0.1) is 11.3 Å². The smallest absolute Gasteiger partial charge is 0.294 e. The van der Waals surface area contributed by atoms with Gasteiger partial charge in [-0.3, -0.25) is 9.59 Å². The number of methoxy groups -OCH3 is 1. The van der Waals surface area contributed by atoms with Crippen LogP contribution in [0.3, 0.4) is 0 Å². The van der Waals surface area contributed by atoms with Crippen LogP contribution in [0.5, 0.6) is 5.75 Å². The molecule has 0 saturated carbocycles. The van der Waals surface area contributed by atoms with Crippen molar-refractivity contribution >= 4 is 33.1 Å². The summed E-state index contributed by atoms with van der Waals surface area (Å²) in [5.41, 5.74) is 0.674. The molecule has 0 aliphatic heterocycles.